The number of amides is 2. The third-order valence-electron chi connectivity index (χ3n) is 6.44. The molecule has 2 aliphatic rings. The number of ether oxygens (including phenoxy) is 1. The van der Waals surface area contributed by atoms with Crippen molar-refractivity contribution >= 4 is 28.9 Å². The van der Waals surface area contributed by atoms with Gasteiger partial charge in [0.15, 0.2) is 6.10 Å². The average molecular weight is 488 g/mol. The Morgan fingerprint density at radius 1 is 0.917 bits per heavy atom. The number of carbonyl (C=O) groups is 2. The van der Waals surface area contributed by atoms with E-state index in [2.05, 4.69) is 6.92 Å². The summed E-state index contributed by atoms with van der Waals surface area (Å²) in [5.41, 5.74) is 1.16. The molecule has 2 saturated heterocycles. The van der Waals surface area contributed by atoms with Crippen LogP contribution in [0.5, 0.6) is 5.75 Å². The summed E-state index contributed by atoms with van der Waals surface area (Å²) < 4.78 is 5.68. The van der Waals surface area contributed by atoms with Gasteiger partial charge in [0.05, 0.1) is 28.5 Å². The summed E-state index contributed by atoms with van der Waals surface area (Å²) in [4.78, 5) is 45.7. The molecule has 0 aliphatic carbocycles. The number of nitro groups is 1. The number of anilines is 2. The number of hydrogen-bond acceptors (Lipinski definition) is 7. The quantitative estimate of drug-likeness (QED) is 0.194. The third kappa shape index (κ3) is 4.07. The normalized spacial score (nSPS) is 21.1. The molecule has 3 aromatic carbocycles. The van der Waals surface area contributed by atoms with Gasteiger partial charge >= 0.3 is 0 Å². The van der Waals surface area contributed by atoms with Crippen LogP contribution in [0.4, 0.5) is 17.1 Å². The number of unbranched alkanes of at least 4 members (excludes halogenated alkanes) is 1. The van der Waals surface area contributed by atoms with Crippen LogP contribution in [0.2, 0.25) is 0 Å². The Kier molecular flexibility index (Phi) is 6.39. The average Bonchev–Trinajstić information content (AvgIpc) is 3.41. The third-order valence-corrected chi connectivity index (χ3v) is 6.44. The van der Waals surface area contributed by atoms with Gasteiger partial charge in [0, 0.05) is 6.07 Å². The lowest BCUT2D eigenvalue weighted by Gasteiger charge is -2.28. The van der Waals surface area contributed by atoms with Crippen molar-refractivity contribution in [1.82, 2.24) is 0 Å². The SMILES string of the molecule is CCCCOc1ccc(N2C(=O)[C@@H]3[C@@H](ON(c4ccccc4)[C@H]3c3ccccc3[N+](=O)[O-])C2=O)cc1. The van der Waals surface area contributed by atoms with Crippen molar-refractivity contribution in [2.75, 3.05) is 16.6 Å². The smallest absolute Gasteiger partial charge is 0.274 e. The Hall–Kier alpha value is -4.24. The Morgan fingerprint density at radius 3 is 2.31 bits per heavy atom. The van der Waals surface area contributed by atoms with Crippen LogP contribution in [-0.4, -0.2) is 29.4 Å². The highest BCUT2D eigenvalue weighted by molar-refractivity contribution is 6.24. The number of para-hydroxylation sites is 2. The minimum Gasteiger partial charge on any atom is -0.494 e. The molecule has 2 amide bonds. The zero-order chi connectivity index (χ0) is 25.2. The van der Waals surface area contributed by atoms with Gasteiger partial charge in [0.25, 0.3) is 11.6 Å². The first-order valence-corrected chi connectivity index (χ1v) is 11.9. The molecule has 0 N–H and O–H groups in total. The number of rotatable bonds is 8. The van der Waals surface area contributed by atoms with Crippen LogP contribution in [0.25, 0.3) is 0 Å². The van der Waals surface area contributed by atoms with Crippen LogP contribution in [0, 0.1) is 16.0 Å². The predicted molar refractivity (Wildman–Crippen MR) is 132 cm³/mol. The highest BCUT2D eigenvalue weighted by atomic mass is 16.7. The number of carbonyl (C=O) groups excluding carboxylic acids is 2. The van der Waals surface area contributed by atoms with E-state index in [9.17, 15) is 19.7 Å². The molecule has 5 rings (SSSR count). The van der Waals surface area contributed by atoms with E-state index >= 15 is 0 Å². The zero-order valence-electron chi connectivity index (χ0n) is 19.7. The first-order chi connectivity index (χ1) is 17.5. The van der Waals surface area contributed by atoms with E-state index < -0.39 is 34.8 Å². The van der Waals surface area contributed by atoms with Crippen molar-refractivity contribution in [3.8, 4) is 5.75 Å². The molecule has 0 unspecified atom stereocenters. The van der Waals surface area contributed by atoms with Gasteiger partial charge in [-0.15, -0.1) is 0 Å². The molecule has 2 heterocycles. The minimum atomic E-state index is -1.11. The summed E-state index contributed by atoms with van der Waals surface area (Å²) in [6.07, 6.45) is 0.831. The number of imide groups is 1. The summed E-state index contributed by atoms with van der Waals surface area (Å²) in [6, 6.07) is 21.1. The Balaban J connectivity index is 1.51. The lowest BCUT2D eigenvalue weighted by molar-refractivity contribution is -0.385. The molecule has 184 valence electrons. The maximum absolute atomic E-state index is 13.7. The van der Waals surface area contributed by atoms with Gasteiger partial charge in [-0.05, 0) is 48.9 Å². The van der Waals surface area contributed by atoms with E-state index in [0.717, 1.165) is 17.7 Å². The van der Waals surface area contributed by atoms with Gasteiger partial charge in [-0.1, -0.05) is 43.7 Å². The predicted octanol–water partition coefficient (Wildman–Crippen LogP) is 4.82. The monoisotopic (exact) mass is 487 g/mol. The van der Waals surface area contributed by atoms with E-state index in [1.54, 1.807) is 66.7 Å². The van der Waals surface area contributed by atoms with Crippen LogP contribution in [-0.2, 0) is 14.4 Å². The summed E-state index contributed by atoms with van der Waals surface area (Å²) >= 11 is 0. The lowest BCUT2D eigenvalue weighted by Crippen LogP contribution is -2.37. The number of hydroxylamine groups is 1. The topological polar surface area (TPSA) is 102 Å². The number of nitrogens with zero attached hydrogens (tertiary/aromatic N) is 3. The van der Waals surface area contributed by atoms with Gasteiger partial charge in [-0.2, -0.15) is 0 Å². The number of fused-ring (bicyclic) bond motifs is 1. The van der Waals surface area contributed by atoms with Crippen LogP contribution in [0.1, 0.15) is 31.4 Å². The molecule has 9 heteroatoms. The fraction of sp³-hybridized carbons (Fsp3) is 0.259. The molecule has 0 radical (unpaired) electrons. The van der Waals surface area contributed by atoms with Gasteiger partial charge < -0.3 is 4.74 Å². The summed E-state index contributed by atoms with van der Waals surface area (Å²) in [5.74, 6) is -1.28. The molecular formula is C27H25N3O6. The first kappa shape index (κ1) is 23.5. The highest BCUT2D eigenvalue weighted by Gasteiger charge is 2.61. The second-order valence-corrected chi connectivity index (χ2v) is 8.68. The second kappa shape index (κ2) is 9.79. The Labute approximate surface area is 207 Å². The number of nitro benzene ring substituents is 1. The summed E-state index contributed by atoms with van der Waals surface area (Å²) in [5, 5.41) is 13.3. The molecule has 9 nitrogen and oxygen atoms in total. The van der Waals surface area contributed by atoms with Crippen molar-refractivity contribution < 1.29 is 24.1 Å². The maximum atomic E-state index is 13.7. The zero-order valence-corrected chi connectivity index (χ0v) is 19.7. The first-order valence-electron chi connectivity index (χ1n) is 11.9. The lowest BCUT2D eigenvalue weighted by atomic mass is 9.89. The van der Waals surface area contributed by atoms with Crippen molar-refractivity contribution in [2.45, 2.75) is 31.9 Å². The molecular weight excluding hydrogens is 462 g/mol. The van der Waals surface area contributed by atoms with E-state index in [4.69, 9.17) is 9.57 Å². The van der Waals surface area contributed by atoms with Crippen LogP contribution >= 0.6 is 0 Å². The summed E-state index contributed by atoms with van der Waals surface area (Å²) in [6.45, 7) is 2.66. The molecule has 3 aromatic rings. The Bertz CT molecular complexity index is 1280. The van der Waals surface area contributed by atoms with E-state index in [0.29, 0.717) is 29.3 Å². The molecule has 36 heavy (non-hydrogen) atoms. The molecule has 0 aromatic heterocycles. The highest BCUT2D eigenvalue weighted by Crippen LogP contribution is 2.49. The van der Waals surface area contributed by atoms with Crippen LogP contribution in [0.3, 0.4) is 0 Å². The maximum Gasteiger partial charge on any atom is 0.274 e. The minimum absolute atomic E-state index is 0.139. The molecule has 2 aliphatic heterocycles. The fourth-order valence-corrected chi connectivity index (χ4v) is 4.71. The van der Waals surface area contributed by atoms with E-state index in [1.807, 2.05) is 6.07 Å². The van der Waals surface area contributed by atoms with Crippen molar-refractivity contribution in [3.05, 3.63) is 94.5 Å². The van der Waals surface area contributed by atoms with E-state index in [1.165, 1.54) is 11.1 Å². The largest absolute Gasteiger partial charge is 0.494 e. The van der Waals surface area contributed by atoms with Crippen molar-refractivity contribution in [3.63, 3.8) is 0 Å². The Morgan fingerprint density at radius 2 is 1.61 bits per heavy atom. The van der Waals surface area contributed by atoms with Gasteiger partial charge in [-0.25, -0.2) is 9.96 Å². The number of hydrogen-bond donors (Lipinski definition) is 0. The fourth-order valence-electron chi connectivity index (χ4n) is 4.71. The molecule has 0 saturated carbocycles. The van der Waals surface area contributed by atoms with Crippen LogP contribution in [0.15, 0.2) is 78.9 Å². The molecule has 0 spiro atoms. The molecule has 3 atom stereocenters. The molecule has 2 fully saturated rings. The second-order valence-electron chi connectivity index (χ2n) is 8.68. The van der Waals surface area contributed by atoms with Crippen molar-refractivity contribution in [2.24, 2.45) is 5.92 Å². The van der Waals surface area contributed by atoms with Gasteiger partial charge in [0.1, 0.15) is 17.7 Å². The number of benzene rings is 3. The van der Waals surface area contributed by atoms with E-state index in [-0.39, 0.29) is 5.69 Å². The summed E-state index contributed by atoms with van der Waals surface area (Å²) in [7, 11) is 0. The molecule has 0 bridgehead atoms. The van der Waals surface area contributed by atoms with Gasteiger partial charge in [-0.3, -0.25) is 24.5 Å². The van der Waals surface area contributed by atoms with Gasteiger partial charge in [0.2, 0.25) is 5.91 Å². The van der Waals surface area contributed by atoms with Crippen LogP contribution < -0.4 is 14.7 Å². The van der Waals surface area contributed by atoms with Crippen molar-refractivity contribution in [1.29, 1.82) is 0 Å². The standard InChI is InChI=1S/C27H25N3O6/c1-2-3-17-35-20-15-13-18(14-16-20)28-26(31)23-24(21-11-7-8-12-22(21)30(33)34)29(36-25(23)27(28)32)19-9-5-4-6-10-19/h4-16,23-25H,2-3,17H2,1H3/t23-,24-,25+/m0/s1.